The van der Waals surface area contributed by atoms with Crippen molar-refractivity contribution in [2.45, 2.75) is 89.3 Å². The summed E-state index contributed by atoms with van der Waals surface area (Å²) >= 11 is 0. The zero-order valence-corrected chi connectivity index (χ0v) is 25.4. The summed E-state index contributed by atoms with van der Waals surface area (Å²) in [5.74, 6) is -1.01. The predicted octanol–water partition coefficient (Wildman–Crippen LogP) is 4.54. The number of nitrogens with one attached hydrogen (secondary N) is 1. The molecule has 2 aromatic rings. The van der Waals surface area contributed by atoms with E-state index < -0.39 is 45.6 Å². The molecule has 7 rings (SSSR count). The van der Waals surface area contributed by atoms with Gasteiger partial charge in [-0.1, -0.05) is 19.1 Å². The summed E-state index contributed by atoms with van der Waals surface area (Å²) in [6, 6.07) is 8.36. The molecule has 3 aliphatic heterocycles. The largest absolute Gasteiger partial charge is 0.472 e. The number of aliphatic hydroxyl groups is 1. The number of fused-ring (bicyclic) bond motifs is 3. The third-order valence-corrected chi connectivity index (χ3v) is 12.3. The average Bonchev–Trinajstić information content (AvgIpc) is 3.46. The van der Waals surface area contributed by atoms with Crippen molar-refractivity contribution in [3.63, 3.8) is 0 Å². The van der Waals surface area contributed by atoms with E-state index in [0.717, 1.165) is 24.1 Å². The van der Waals surface area contributed by atoms with E-state index in [4.69, 9.17) is 18.6 Å². The average molecular weight is 596 g/mol. The van der Waals surface area contributed by atoms with Gasteiger partial charge in [-0.15, -0.1) is 0 Å². The quantitative estimate of drug-likeness (QED) is 0.260. The van der Waals surface area contributed by atoms with Crippen molar-refractivity contribution in [3.8, 4) is 0 Å². The first-order chi connectivity index (χ1) is 20.5. The first-order valence-corrected chi connectivity index (χ1v) is 15.6. The molecule has 4 heterocycles. The predicted molar refractivity (Wildman–Crippen MR) is 153 cm³/mol. The summed E-state index contributed by atoms with van der Waals surface area (Å²) in [7, 11) is 0. The van der Waals surface area contributed by atoms with Crippen LogP contribution >= 0.6 is 0 Å². The lowest BCUT2D eigenvalue weighted by Crippen LogP contribution is -2.72. The number of aliphatic hydroxyl groups excluding tert-OH is 1. The van der Waals surface area contributed by atoms with Crippen molar-refractivity contribution in [1.82, 2.24) is 5.32 Å². The third kappa shape index (κ3) is 3.74. The third-order valence-electron chi connectivity index (χ3n) is 12.3. The number of epoxide rings is 1. The Bertz CT molecular complexity index is 1410. The number of hydrogen-bond acceptors (Lipinski definition) is 8. The summed E-state index contributed by atoms with van der Waals surface area (Å²) in [5, 5.41) is 14.9. The lowest BCUT2D eigenvalue weighted by atomic mass is 9.37. The van der Waals surface area contributed by atoms with Crippen LogP contribution in [0.15, 0.2) is 47.3 Å². The van der Waals surface area contributed by atoms with Gasteiger partial charge in [-0.2, -0.15) is 0 Å². The summed E-state index contributed by atoms with van der Waals surface area (Å²) in [6.45, 7) is 9.43. The van der Waals surface area contributed by atoms with E-state index in [9.17, 15) is 19.1 Å². The monoisotopic (exact) mass is 595 g/mol. The number of cyclic esters (lactones) is 1. The van der Waals surface area contributed by atoms with Crippen LogP contribution in [0.4, 0.5) is 4.39 Å². The zero-order chi connectivity index (χ0) is 30.4. The normalized spacial score (nSPS) is 42.4. The van der Waals surface area contributed by atoms with E-state index in [0.29, 0.717) is 25.8 Å². The number of carbonyl (C=O) groups is 2. The first kappa shape index (κ1) is 29.1. The fourth-order valence-electron chi connectivity index (χ4n) is 10.3. The van der Waals surface area contributed by atoms with E-state index in [1.165, 1.54) is 12.1 Å². The lowest BCUT2D eigenvalue weighted by Gasteiger charge is -2.64. The maximum atomic E-state index is 14.5. The van der Waals surface area contributed by atoms with Crippen molar-refractivity contribution >= 4 is 11.8 Å². The van der Waals surface area contributed by atoms with Gasteiger partial charge in [0.25, 0.3) is 0 Å². The van der Waals surface area contributed by atoms with Gasteiger partial charge in [-0.05, 0) is 89.2 Å². The van der Waals surface area contributed by atoms with Crippen LogP contribution in [-0.4, -0.2) is 60.0 Å². The van der Waals surface area contributed by atoms with Gasteiger partial charge in [0, 0.05) is 28.7 Å². The molecule has 9 heteroatoms. The maximum absolute atomic E-state index is 14.5. The summed E-state index contributed by atoms with van der Waals surface area (Å²) in [4.78, 5) is 27.8. The fraction of sp³-hybridized carbons (Fsp3) is 0.647. The van der Waals surface area contributed by atoms with Crippen LogP contribution < -0.4 is 5.32 Å². The van der Waals surface area contributed by atoms with Gasteiger partial charge in [0.2, 0.25) is 0 Å². The minimum Gasteiger partial charge on any atom is -0.472 e. The van der Waals surface area contributed by atoms with Gasteiger partial charge in [0.15, 0.2) is 6.10 Å². The van der Waals surface area contributed by atoms with Gasteiger partial charge in [0.05, 0.1) is 36.3 Å². The Morgan fingerprint density at radius 2 is 1.77 bits per heavy atom. The number of ketones is 1. The molecule has 5 aliphatic rings. The molecule has 232 valence electrons. The molecular weight excluding hydrogens is 553 g/mol. The second kappa shape index (κ2) is 9.70. The molecule has 0 amide bonds. The van der Waals surface area contributed by atoms with E-state index in [1.54, 1.807) is 24.7 Å². The number of benzene rings is 1. The van der Waals surface area contributed by atoms with Crippen LogP contribution in [-0.2, 0) is 30.2 Å². The van der Waals surface area contributed by atoms with Crippen molar-refractivity contribution in [2.75, 3.05) is 19.7 Å². The van der Waals surface area contributed by atoms with Crippen molar-refractivity contribution in [3.05, 3.63) is 59.8 Å². The Morgan fingerprint density at radius 1 is 1.00 bits per heavy atom. The van der Waals surface area contributed by atoms with Gasteiger partial charge in [0.1, 0.15) is 23.3 Å². The van der Waals surface area contributed by atoms with Gasteiger partial charge >= 0.3 is 5.97 Å². The highest BCUT2D eigenvalue weighted by molar-refractivity contribution is 5.93. The Hall–Kier alpha value is -2.59. The highest BCUT2D eigenvalue weighted by Crippen LogP contribution is 2.79. The molecule has 8 nitrogen and oxygen atoms in total. The smallest absolute Gasteiger partial charge is 0.339 e. The highest BCUT2D eigenvalue weighted by atomic mass is 19.1. The molecule has 1 spiro atoms. The molecule has 2 saturated carbocycles. The minimum absolute atomic E-state index is 0.0791. The molecule has 2 unspecified atom stereocenters. The molecular formula is C34H42FNO7. The maximum Gasteiger partial charge on any atom is 0.339 e. The number of esters is 1. The molecule has 1 aromatic carbocycles. The number of halogens is 1. The van der Waals surface area contributed by atoms with Crippen LogP contribution in [0.2, 0.25) is 0 Å². The molecule has 2 aliphatic carbocycles. The second-order valence-electron chi connectivity index (χ2n) is 14.4. The molecule has 0 bridgehead atoms. The van der Waals surface area contributed by atoms with Crippen LogP contribution in [0.25, 0.3) is 0 Å². The topological polar surface area (TPSA) is 111 Å². The van der Waals surface area contributed by atoms with Crippen molar-refractivity contribution < 1.29 is 37.7 Å². The number of hydrogen-bond donors (Lipinski definition) is 2. The van der Waals surface area contributed by atoms with E-state index in [2.05, 4.69) is 12.2 Å². The summed E-state index contributed by atoms with van der Waals surface area (Å²) in [5.41, 5.74) is -2.15. The summed E-state index contributed by atoms with van der Waals surface area (Å²) < 4.78 is 37.9. The molecule has 5 fully saturated rings. The number of furan rings is 1. The minimum atomic E-state index is -1.03. The molecule has 0 radical (unpaired) electrons. The highest BCUT2D eigenvalue weighted by Gasteiger charge is 2.89. The van der Waals surface area contributed by atoms with Gasteiger partial charge in [-0.3, -0.25) is 4.79 Å². The van der Waals surface area contributed by atoms with E-state index in [1.807, 2.05) is 26.8 Å². The second-order valence-corrected chi connectivity index (χ2v) is 14.4. The molecule has 43 heavy (non-hydrogen) atoms. The number of carbonyl (C=O) groups excluding carboxylic acids is 2. The molecule has 1 aromatic heterocycles. The Morgan fingerprint density at radius 3 is 2.47 bits per heavy atom. The molecule has 9 atom stereocenters. The Balaban J connectivity index is 1.19. The van der Waals surface area contributed by atoms with E-state index >= 15 is 0 Å². The zero-order valence-electron chi connectivity index (χ0n) is 25.4. The lowest BCUT2D eigenvalue weighted by molar-refractivity contribution is -0.217. The fourth-order valence-corrected chi connectivity index (χ4v) is 10.3. The van der Waals surface area contributed by atoms with E-state index in [-0.39, 0.29) is 42.6 Å². The van der Waals surface area contributed by atoms with Crippen molar-refractivity contribution in [1.29, 1.82) is 0 Å². The Labute approximate surface area is 251 Å². The SMILES string of the molecule is CC1(C)OC(CCNCCc2ccc(F)cc2)C2(CO)[C@H]3CC[C@@]4(C)[C@H](c5ccoc5)OC(=O)[C@H]5O[C@]54[C@]3(C)C(=O)C[C@@H]12. The number of ether oxygens (including phenoxy) is 3. The number of Topliss-reactive ketones (excluding diaryl/α,β-unsaturated/α-hetero) is 1. The first-order valence-electron chi connectivity index (χ1n) is 15.6. The van der Waals surface area contributed by atoms with Crippen LogP contribution in [0.1, 0.15) is 70.6 Å². The Kier molecular flexibility index (Phi) is 6.58. The molecule has 2 N–H and O–H groups in total. The van der Waals surface area contributed by atoms with Gasteiger partial charge in [-0.25, -0.2) is 9.18 Å². The van der Waals surface area contributed by atoms with Crippen LogP contribution in [0.5, 0.6) is 0 Å². The van der Waals surface area contributed by atoms with Crippen molar-refractivity contribution in [2.24, 2.45) is 28.1 Å². The van der Waals surface area contributed by atoms with Crippen LogP contribution in [0.3, 0.4) is 0 Å². The standard InChI is InChI=1S/C34H42FNO7/c1-30(2)24-17-25(38)32(4)23(9-13-31(3)27(21-12-16-40-18-21)41-29(39)28-34(31,32)43-28)33(24,19-37)26(42-30)11-15-36-14-10-20-5-7-22(35)8-6-20/h5-8,12,16,18,23-24,26-28,36-37H,9-11,13-15,17,19H2,1-4H3/t23-,24-,26?,27-,28+,31-,32-,33?,34+/m0/s1. The summed E-state index contributed by atoms with van der Waals surface area (Å²) in [6.07, 6.45) is 4.52. The van der Waals surface area contributed by atoms with Gasteiger partial charge < -0.3 is 29.1 Å². The number of rotatable bonds is 8. The van der Waals surface area contributed by atoms with Crippen LogP contribution in [0, 0.1) is 33.9 Å². The molecule has 3 saturated heterocycles.